The van der Waals surface area contributed by atoms with E-state index in [2.05, 4.69) is 44.2 Å². The van der Waals surface area contributed by atoms with Gasteiger partial charge in [-0.15, -0.1) is 0 Å². The number of nitrogens with one attached hydrogen (secondary N) is 1. The molecule has 0 saturated carbocycles. The summed E-state index contributed by atoms with van der Waals surface area (Å²) < 4.78 is 1.60. The molecule has 21 heavy (non-hydrogen) atoms. The topological polar surface area (TPSA) is 97.8 Å². The average molecular weight is 288 g/mol. The highest BCUT2D eigenvalue weighted by molar-refractivity contribution is 5.39. The summed E-state index contributed by atoms with van der Waals surface area (Å²) in [4.78, 5) is 15.3. The number of anilines is 2. The maximum Gasteiger partial charge on any atom is 0.257 e. The predicted molar refractivity (Wildman–Crippen MR) is 80.0 cm³/mol. The SMILES string of the molecule is CC1(C)CCN(c2nc(NN)nc(-n3cccn3)n2)CC1. The second-order valence-corrected chi connectivity index (χ2v) is 6.01. The zero-order valence-corrected chi connectivity index (χ0v) is 12.3. The van der Waals surface area contributed by atoms with Gasteiger partial charge < -0.3 is 4.90 Å². The molecule has 1 fully saturated rings. The van der Waals surface area contributed by atoms with Crippen molar-refractivity contribution in [1.29, 1.82) is 0 Å². The maximum atomic E-state index is 5.46. The number of nitrogen functional groups attached to an aromatic ring is 1. The second-order valence-electron chi connectivity index (χ2n) is 6.01. The average Bonchev–Trinajstić information content (AvgIpc) is 3.01. The summed E-state index contributed by atoms with van der Waals surface area (Å²) in [5.41, 5.74) is 2.87. The van der Waals surface area contributed by atoms with Gasteiger partial charge in [0.15, 0.2) is 0 Å². The van der Waals surface area contributed by atoms with Gasteiger partial charge in [-0.1, -0.05) is 13.8 Å². The van der Waals surface area contributed by atoms with Gasteiger partial charge in [0.1, 0.15) is 0 Å². The van der Waals surface area contributed by atoms with E-state index in [9.17, 15) is 0 Å². The molecule has 2 aromatic heterocycles. The Morgan fingerprint density at radius 3 is 2.48 bits per heavy atom. The van der Waals surface area contributed by atoms with Crippen molar-refractivity contribution >= 4 is 11.9 Å². The fourth-order valence-electron chi connectivity index (χ4n) is 2.36. The highest BCUT2D eigenvalue weighted by Gasteiger charge is 2.27. The number of nitrogens with two attached hydrogens (primary N) is 1. The Morgan fingerprint density at radius 1 is 1.14 bits per heavy atom. The minimum absolute atomic E-state index is 0.343. The lowest BCUT2D eigenvalue weighted by molar-refractivity contribution is 0.278. The third-order valence-electron chi connectivity index (χ3n) is 3.85. The number of aromatic nitrogens is 5. The van der Waals surface area contributed by atoms with E-state index >= 15 is 0 Å². The first-order valence-corrected chi connectivity index (χ1v) is 7.05. The first kappa shape index (κ1) is 13.7. The van der Waals surface area contributed by atoms with Crippen LogP contribution in [0.5, 0.6) is 0 Å². The Hall–Kier alpha value is -2.22. The van der Waals surface area contributed by atoms with Gasteiger partial charge in [0.05, 0.1) is 0 Å². The molecule has 2 aromatic rings. The molecule has 1 aliphatic rings. The van der Waals surface area contributed by atoms with Crippen LogP contribution in [-0.2, 0) is 0 Å². The lowest BCUT2D eigenvalue weighted by Gasteiger charge is -2.36. The molecular formula is C13H20N8. The van der Waals surface area contributed by atoms with Crippen molar-refractivity contribution in [2.45, 2.75) is 26.7 Å². The maximum absolute atomic E-state index is 5.46. The number of rotatable bonds is 3. The van der Waals surface area contributed by atoms with E-state index in [4.69, 9.17) is 5.84 Å². The summed E-state index contributed by atoms with van der Waals surface area (Å²) in [7, 11) is 0. The van der Waals surface area contributed by atoms with Crippen molar-refractivity contribution < 1.29 is 0 Å². The Bertz CT molecular complexity index is 597. The van der Waals surface area contributed by atoms with Gasteiger partial charge >= 0.3 is 0 Å². The molecule has 1 aliphatic heterocycles. The van der Waals surface area contributed by atoms with Crippen LogP contribution < -0.4 is 16.2 Å². The summed E-state index contributed by atoms with van der Waals surface area (Å²) in [5.74, 6) is 6.90. The van der Waals surface area contributed by atoms with Crippen LogP contribution >= 0.6 is 0 Å². The first-order chi connectivity index (χ1) is 10.1. The molecule has 0 aliphatic carbocycles. The molecule has 3 heterocycles. The van der Waals surface area contributed by atoms with Crippen molar-refractivity contribution in [2.24, 2.45) is 11.3 Å². The number of hydrogen-bond donors (Lipinski definition) is 2. The Labute approximate surface area is 123 Å². The van der Waals surface area contributed by atoms with Crippen molar-refractivity contribution in [2.75, 3.05) is 23.4 Å². The monoisotopic (exact) mass is 288 g/mol. The fraction of sp³-hybridized carbons (Fsp3) is 0.538. The van der Waals surface area contributed by atoms with Crippen molar-refractivity contribution in [1.82, 2.24) is 24.7 Å². The van der Waals surface area contributed by atoms with Gasteiger partial charge in [0.25, 0.3) is 5.95 Å². The third-order valence-corrected chi connectivity index (χ3v) is 3.85. The minimum atomic E-state index is 0.343. The van der Waals surface area contributed by atoms with E-state index in [1.807, 2.05) is 6.07 Å². The molecule has 112 valence electrons. The zero-order chi connectivity index (χ0) is 14.9. The molecule has 8 nitrogen and oxygen atoms in total. The molecule has 1 saturated heterocycles. The predicted octanol–water partition coefficient (Wildman–Crippen LogP) is 0.969. The number of piperidine rings is 1. The molecule has 8 heteroatoms. The van der Waals surface area contributed by atoms with E-state index in [1.54, 1.807) is 17.1 Å². The quantitative estimate of drug-likeness (QED) is 0.641. The first-order valence-electron chi connectivity index (χ1n) is 7.05. The highest BCUT2D eigenvalue weighted by Crippen LogP contribution is 2.31. The van der Waals surface area contributed by atoms with Crippen LogP contribution in [0.3, 0.4) is 0 Å². The molecule has 3 N–H and O–H groups in total. The molecule has 0 unspecified atom stereocenters. The summed E-state index contributed by atoms with van der Waals surface area (Å²) in [6.07, 6.45) is 5.70. The summed E-state index contributed by atoms with van der Waals surface area (Å²) in [6, 6.07) is 1.82. The minimum Gasteiger partial charge on any atom is -0.341 e. The molecule has 3 rings (SSSR count). The molecule has 0 radical (unpaired) electrons. The number of hydrazine groups is 1. The lowest BCUT2D eigenvalue weighted by atomic mass is 9.83. The van der Waals surface area contributed by atoms with E-state index in [1.165, 1.54) is 0 Å². The Morgan fingerprint density at radius 2 is 1.86 bits per heavy atom. The van der Waals surface area contributed by atoms with Gasteiger partial charge in [-0.3, -0.25) is 5.43 Å². The third kappa shape index (κ3) is 2.94. The van der Waals surface area contributed by atoms with E-state index < -0.39 is 0 Å². The van der Waals surface area contributed by atoms with Crippen molar-refractivity contribution in [3.8, 4) is 5.95 Å². The summed E-state index contributed by atoms with van der Waals surface area (Å²) >= 11 is 0. The largest absolute Gasteiger partial charge is 0.341 e. The van der Waals surface area contributed by atoms with Crippen LogP contribution in [0.25, 0.3) is 5.95 Å². The molecule has 0 aromatic carbocycles. The number of nitrogens with zero attached hydrogens (tertiary/aromatic N) is 6. The van der Waals surface area contributed by atoms with Crippen LogP contribution in [0.4, 0.5) is 11.9 Å². The van der Waals surface area contributed by atoms with Gasteiger partial charge in [-0.25, -0.2) is 10.5 Å². The van der Waals surface area contributed by atoms with Gasteiger partial charge in [-0.05, 0) is 24.3 Å². The lowest BCUT2D eigenvalue weighted by Crippen LogP contribution is -2.38. The van der Waals surface area contributed by atoms with E-state index in [0.717, 1.165) is 25.9 Å². The highest BCUT2D eigenvalue weighted by atomic mass is 15.4. The van der Waals surface area contributed by atoms with Gasteiger partial charge in [0, 0.05) is 25.5 Å². The van der Waals surface area contributed by atoms with Crippen LogP contribution in [0.2, 0.25) is 0 Å². The summed E-state index contributed by atoms with van der Waals surface area (Å²) in [6.45, 7) is 6.44. The van der Waals surface area contributed by atoms with E-state index in [-0.39, 0.29) is 0 Å². The Balaban J connectivity index is 1.90. The van der Waals surface area contributed by atoms with E-state index in [0.29, 0.717) is 23.3 Å². The molecule has 0 amide bonds. The molecule has 0 spiro atoms. The summed E-state index contributed by atoms with van der Waals surface area (Å²) in [5, 5.41) is 4.15. The van der Waals surface area contributed by atoms with Crippen LogP contribution in [-0.4, -0.2) is 37.8 Å². The Kier molecular flexibility index (Phi) is 3.46. The fourth-order valence-corrected chi connectivity index (χ4v) is 2.36. The molecular weight excluding hydrogens is 268 g/mol. The van der Waals surface area contributed by atoms with Gasteiger partial charge in [0.2, 0.25) is 11.9 Å². The molecule has 0 atom stereocenters. The van der Waals surface area contributed by atoms with Crippen molar-refractivity contribution in [3.63, 3.8) is 0 Å². The number of hydrogen-bond acceptors (Lipinski definition) is 7. The van der Waals surface area contributed by atoms with Crippen LogP contribution in [0.15, 0.2) is 18.5 Å². The zero-order valence-electron chi connectivity index (χ0n) is 12.3. The van der Waals surface area contributed by atoms with Crippen molar-refractivity contribution in [3.05, 3.63) is 18.5 Å². The second kappa shape index (κ2) is 5.28. The van der Waals surface area contributed by atoms with Gasteiger partial charge in [-0.2, -0.15) is 20.1 Å². The normalized spacial score (nSPS) is 17.8. The smallest absolute Gasteiger partial charge is 0.257 e. The standard InChI is InChI=1S/C13H20N8/c1-13(2)4-8-20(9-5-13)11-16-10(19-14)17-12(18-11)21-7-3-6-15-21/h3,6-7H,4-5,8-9,14H2,1-2H3,(H,16,17,18,19). The molecule has 0 bridgehead atoms. The van der Waals surface area contributed by atoms with Crippen LogP contribution in [0.1, 0.15) is 26.7 Å². The van der Waals surface area contributed by atoms with Crippen LogP contribution in [0, 0.1) is 5.41 Å².